The molecule has 0 aromatic heterocycles. The minimum atomic E-state index is -0.274. The van der Waals surface area contributed by atoms with Crippen molar-refractivity contribution in [3.63, 3.8) is 0 Å². The highest BCUT2D eigenvalue weighted by Gasteiger charge is 2.40. The molecule has 0 saturated carbocycles. The van der Waals surface area contributed by atoms with Gasteiger partial charge in [0.15, 0.2) is 0 Å². The van der Waals surface area contributed by atoms with Crippen LogP contribution >= 0.6 is 0 Å². The van der Waals surface area contributed by atoms with Gasteiger partial charge in [0.1, 0.15) is 0 Å². The standard InChI is InChI=1S/C16H24O2/c1-13(2)12-15(17)16(8-10-18-11-9-16)14-6-4-3-5-7-14/h3-7,13,15,17H,8-12H2,1-2H3. The van der Waals surface area contributed by atoms with E-state index in [1.165, 1.54) is 5.56 Å². The molecule has 1 aromatic carbocycles. The van der Waals surface area contributed by atoms with Crippen LogP contribution in [0.2, 0.25) is 0 Å². The summed E-state index contributed by atoms with van der Waals surface area (Å²) in [5, 5.41) is 10.7. The van der Waals surface area contributed by atoms with Crippen LogP contribution in [0.5, 0.6) is 0 Å². The Hall–Kier alpha value is -0.860. The van der Waals surface area contributed by atoms with Crippen LogP contribution in [0.15, 0.2) is 30.3 Å². The van der Waals surface area contributed by atoms with Gasteiger partial charge in [-0.1, -0.05) is 44.2 Å². The molecule has 0 radical (unpaired) electrons. The summed E-state index contributed by atoms with van der Waals surface area (Å²) < 4.78 is 5.49. The Bertz CT molecular complexity index is 353. The van der Waals surface area contributed by atoms with E-state index in [9.17, 15) is 5.11 Å². The lowest BCUT2D eigenvalue weighted by Crippen LogP contribution is -2.44. The van der Waals surface area contributed by atoms with Crippen molar-refractivity contribution in [2.45, 2.75) is 44.6 Å². The molecule has 2 heteroatoms. The smallest absolute Gasteiger partial charge is 0.0640 e. The quantitative estimate of drug-likeness (QED) is 0.887. The van der Waals surface area contributed by atoms with Gasteiger partial charge in [0.2, 0.25) is 0 Å². The Morgan fingerprint density at radius 3 is 2.33 bits per heavy atom. The molecular formula is C16H24O2. The van der Waals surface area contributed by atoms with Gasteiger partial charge in [0.05, 0.1) is 6.10 Å². The number of aliphatic hydroxyl groups is 1. The van der Waals surface area contributed by atoms with Crippen LogP contribution in [0.25, 0.3) is 0 Å². The van der Waals surface area contributed by atoms with Gasteiger partial charge < -0.3 is 9.84 Å². The van der Waals surface area contributed by atoms with Crippen molar-refractivity contribution in [3.8, 4) is 0 Å². The molecule has 18 heavy (non-hydrogen) atoms. The second-order valence-electron chi connectivity index (χ2n) is 5.78. The average Bonchev–Trinajstić information content (AvgIpc) is 2.40. The topological polar surface area (TPSA) is 29.5 Å². The minimum absolute atomic E-state index is 0.107. The Morgan fingerprint density at radius 1 is 1.17 bits per heavy atom. The normalized spacial score (nSPS) is 20.9. The van der Waals surface area contributed by atoms with E-state index in [4.69, 9.17) is 4.74 Å². The SMILES string of the molecule is CC(C)CC(O)C1(c2ccccc2)CCOCC1. The molecular weight excluding hydrogens is 224 g/mol. The molecule has 1 N–H and O–H groups in total. The fraction of sp³-hybridized carbons (Fsp3) is 0.625. The van der Waals surface area contributed by atoms with Crippen molar-refractivity contribution >= 4 is 0 Å². The summed E-state index contributed by atoms with van der Waals surface area (Å²) in [6.45, 7) is 5.84. The first-order chi connectivity index (χ1) is 8.65. The zero-order chi connectivity index (χ0) is 13.0. The van der Waals surface area contributed by atoms with E-state index in [-0.39, 0.29) is 11.5 Å². The van der Waals surface area contributed by atoms with E-state index in [1.807, 2.05) is 6.07 Å². The third kappa shape index (κ3) is 2.76. The maximum Gasteiger partial charge on any atom is 0.0640 e. The molecule has 1 atom stereocenters. The van der Waals surface area contributed by atoms with E-state index in [0.717, 1.165) is 32.5 Å². The van der Waals surface area contributed by atoms with Gasteiger partial charge in [-0.2, -0.15) is 0 Å². The Morgan fingerprint density at radius 2 is 1.78 bits per heavy atom. The van der Waals surface area contributed by atoms with Crippen molar-refractivity contribution in [1.82, 2.24) is 0 Å². The lowest BCUT2D eigenvalue weighted by Gasteiger charge is -2.42. The third-order valence-electron chi connectivity index (χ3n) is 4.07. The second kappa shape index (κ2) is 5.85. The Labute approximate surface area is 110 Å². The van der Waals surface area contributed by atoms with Gasteiger partial charge in [-0.05, 0) is 30.7 Å². The van der Waals surface area contributed by atoms with E-state index in [2.05, 4.69) is 38.1 Å². The van der Waals surface area contributed by atoms with E-state index >= 15 is 0 Å². The van der Waals surface area contributed by atoms with Gasteiger partial charge in [-0.25, -0.2) is 0 Å². The summed E-state index contributed by atoms with van der Waals surface area (Å²) in [7, 11) is 0. The minimum Gasteiger partial charge on any atom is -0.392 e. The highest BCUT2D eigenvalue weighted by molar-refractivity contribution is 5.27. The molecule has 1 unspecified atom stereocenters. The molecule has 100 valence electrons. The second-order valence-corrected chi connectivity index (χ2v) is 5.78. The fourth-order valence-electron chi connectivity index (χ4n) is 2.99. The molecule has 0 amide bonds. The fourth-order valence-corrected chi connectivity index (χ4v) is 2.99. The summed E-state index contributed by atoms with van der Waals surface area (Å²) in [5.74, 6) is 0.517. The number of ether oxygens (including phenoxy) is 1. The number of aliphatic hydroxyl groups excluding tert-OH is 1. The first-order valence-electron chi connectivity index (χ1n) is 6.96. The number of hydrogen-bond acceptors (Lipinski definition) is 2. The van der Waals surface area contributed by atoms with Crippen molar-refractivity contribution in [3.05, 3.63) is 35.9 Å². The molecule has 0 bridgehead atoms. The van der Waals surface area contributed by atoms with Crippen molar-refractivity contribution < 1.29 is 9.84 Å². The zero-order valence-electron chi connectivity index (χ0n) is 11.4. The van der Waals surface area contributed by atoms with Gasteiger partial charge >= 0.3 is 0 Å². The van der Waals surface area contributed by atoms with Gasteiger partial charge in [0.25, 0.3) is 0 Å². The van der Waals surface area contributed by atoms with Crippen LogP contribution in [0, 0.1) is 5.92 Å². The molecule has 0 spiro atoms. The zero-order valence-corrected chi connectivity index (χ0v) is 11.4. The number of hydrogen-bond donors (Lipinski definition) is 1. The summed E-state index contributed by atoms with van der Waals surface area (Å²) in [4.78, 5) is 0. The predicted octanol–water partition coefficient (Wildman–Crippen LogP) is 3.14. The van der Waals surface area contributed by atoms with Crippen LogP contribution < -0.4 is 0 Å². The van der Waals surface area contributed by atoms with Crippen LogP contribution in [-0.4, -0.2) is 24.4 Å². The first-order valence-corrected chi connectivity index (χ1v) is 6.96. The average molecular weight is 248 g/mol. The maximum atomic E-state index is 10.7. The number of benzene rings is 1. The van der Waals surface area contributed by atoms with E-state index in [0.29, 0.717) is 5.92 Å². The summed E-state index contributed by atoms with van der Waals surface area (Å²) in [5.41, 5.74) is 1.16. The molecule has 1 aliphatic heterocycles. The predicted molar refractivity (Wildman–Crippen MR) is 73.6 cm³/mol. The highest BCUT2D eigenvalue weighted by atomic mass is 16.5. The largest absolute Gasteiger partial charge is 0.392 e. The van der Waals surface area contributed by atoms with Gasteiger partial charge in [-0.3, -0.25) is 0 Å². The molecule has 0 aliphatic carbocycles. The lowest BCUT2D eigenvalue weighted by molar-refractivity contribution is -0.0232. The van der Waals surface area contributed by atoms with Crippen LogP contribution in [0.1, 0.15) is 38.7 Å². The molecule has 2 rings (SSSR count). The molecule has 1 heterocycles. The lowest BCUT2D eigenvalue weighted by atomic mass is 9.68. The molecule has 1 saturated heterocycles. The van der Waals surface area contributed by atoms with Crippen molar-refractivity contribution in [1.29, 1.82) is 0 Å². The van der Waals surface area contributed by atoms with Gasteiger partial charge in [-0.15, -0.1) is 0 Å². The number of rotatable bonds is 4. The maximum absolute atomic E-state index is 10.7. The highest BCUT2D eigenvalue weighted by Crippen LogP contribution is 2.40. The first kappa shape index (κ1) is 13.6. The van der Waals surface area contributed by atoms with Crippen molar-refractivity contribution in [2.24, 2.45) is 5.92 Å². The Balaban J connectivity index is 2.28. The monoisotopic (exact) mass is 248 g/mol. The molecule has 2 nitrogen and oxygen atoms in total. The molecule has 1 fully saturated rings. The molecule has 1 aromatic rings. The van der Waals surface area contributed by atoms with E-state index in [1.54, 1.807) is 0 Å². The molecule has 1 aliphatic rings. The van der Waals surface area contributed by atoms with Crippen molar-refractivity contribution in [2.75, 3.05) is 13.2 Å². The summed E-state index contributed by atoms with van der Waals surface area (Å²) in [6, 6.07) is 10.5. The third-order valence-corrected chi connectivity index (χ3v) is 4.07. The van der Waals surface area contributed by atoms with Crippen LogP contribution in [-0.2, 0) is 10.2 Å². The Kier molecular flexibility index (Phi) is 4.41. The van der Waals surface area contributed by atoms with Crippen LogP contribution in [0.4, 0.5) is 0 Å². The van der Waals surface area contributed by atoms with Crippen LogP contribution in [0.3, 0.4) is 0 Å². The van der Waals surface area contributed by atoms with Gasteiger partial charge in [0, 0.05) is 18.6 Å². The van der Waals surface area contributed by atoms with E-state index < -0.39 is 0 Å². The summed E-state index contributed by atoms with van der Waals surface area (Å²) in [6.07, 6.45) is 2.42. The summed E-state index contributed by atoms with van der Waals surface area (Å²) >= 11 is 0.